The van der Waals surface area contributed by atoms with Crippen LogP contribution in [0.5, 0.6) is 0 Å². The van der Waals surface area contributed by atoms with E-state index < -0.39 is 0 Å². The summed E-state index contributed by atoms with van der Waals surface area (Å²) >= 11 is 0. The number of nitrogens with zero attached hydrogens (tertiary/aromatic N) is 1. The van der Waals surface area contributed by atoms with Crippen LogP contribution in [0.3, 0.4) is 0 Å². The van der Waals surface area contributed by atoms with Gasteiger partial charge in [-0.25, -0.2) is 0 Å². The van der Waals surface area contributed by atoms with Crippen molar-refractivity contribution < 1.29 is 0 Å². The summed E-state index contributed by atoms with van der Waals surface area (Å²) in [6.45, 7) is 13.2. The van der Waals surface area contributed by atoms with Crippen molar-refractivity contribution in [3.05, 3.63) is 0 Å². The maximum Gasteiger partial charge on any atom is 0.0136 e. The number of likely N-dealkylation sites (tertiary alicyclic amines) is 1. The summed E-state index contributed by atoms with van der Waals surface area (Å²) in [4.78, 5) is 2.78. The van der Waals surface area contributed by atoms with E-state index in [0.29, 0.717) is 6.04 Å². The monoisotopic (exact) mass is 238 g/mol. The van der Waals surface area contributed by atoms with Gasteiger partial charge >= 0.3 is 0 Å². The zero-order valence-corrected chi connectivity index (χ0v) is 12.1. The van der Waals surface area contributed by atoms with Crippen molar-refractivity contribution >= 4 is 0 Å². The molecular weight excluding hydrogens is 208 g/mol. The van der Waals surface area contributed by atoms with Crippen LogP contribution in [0.15, 0.2) is 0 Å². The van der Waals surface area contributed by atoms with E-state index in [0.717, 1.165) is 23.8 Å². The Hall–Kier alpha value is -0.0800. The molecule has 1 saturated carbocycles. The van der Waals surface area contributed by atoms with Crippen LogP contribution >= 0.6 is 0 Å². The van der Waals surface area contributed by atoms with Crippen LogP contribution < -0.4 is 5.32 Å². The standard InChI is InChI=1S/C15H30N2/c1-11(2)14-7-8-17(10-14)15-6-5-13(15)9-16-12(3)4/h11-16H,5-10H2,1-4H3. The average Bonchev–Trinajstić information content (AvgIpc) is 2.64. The van der Waals surface area contributed by atoms with Crippen LogP contribution in [0.1, 0.15) is 47.0 Å². The highest BCUT2D eigenvalue weighted by Crippen LogP contribution is 2.36. The van der Waals surface area contributed by atoms with E-state index in [1.165, 1.54) is 38.9 Å². The molecule has 0 bridgehead atoms. The van der Waals surface area contributed by atoms with E-state index in [9.17, 15) is 0 Å². The second kappa shape index (κ2) is 5.71. The summed E-state index contributed by atoms with van der Waals surface area (Å²) in [6, 6.07) is 1.53. The number of hydrogen-bond donors (Lipinski definition) is 1. The quantitative estimate of drug-likeness (QED) is 0.792. The summed E-state index contributed by atoms with van der Waals surface area (Å²) in [7, 11) is 0. The molecule has 0 aromatic heterocycles. The maximum atomic E-state index is 3.61. The van der Waals surface area contributed by atoms with Crippen molar-refractivity contribution in [3.63, 3.8) is 0 Å². The summed E-state index contributed by atoms with van der Waals surface area (Å²) < 4.78 is 0. The van der Waals surface area contributed by atoms with Crippen molar-refractivity contribution in [1.29, 1.82) is 0 Å². The third-order valence-corrected chi connectivity index (χ3v) is 4.83. The van der Waals surface area contributed by atoms with Gasteiger partial charge in [-0.3, -0.25) is 4.90 Å². The van der Waals surface area contributed by atoms with Crippen molar-refractivity contribution in [3.8, 4) is 0 Å². The largest absolute Gasteiger partial charge is 0.314 e. The molecule has 2 aliphatic rings. The molecule has 2 rings (SSSR count). The normalized spacial score (nSPS) is 34.6. The van der Waals surface area contributed by atoms with Gasteiger partial charge in [-0.1, -0.05) is 27.7 Å². The highest BCUT2D eigenvalue weighted by atomic mass is 15.2. The van der Waals surface area contributed by atoms with Gasteiger partial charge < -0.3 is 5.32 Å². The molecule has 3 atom stereocenters. The van der Waals surface area contributed by atoms with Gasteiger partial charge in [0.15, 0.2) is 0 Å². The lowest BCUT2D eigenvalue weighted by Gasteiger charge is -2.43. The first kappa shape index (κ1) is 13.4. The SMILES string of the molecule is CC(C)NCC1CCC1N1CCC(C(C)C)C1. The van der Waals surface area contributed by atoms with Gasteiger partial charge in [-0.15, -0.1) is 0 Å². The minimum Gasteiger partial charge on any atom is -0.314 e. The minimum absolute atomic E-state index is 0.637. The molecule has 0 amide bonds. The fraction of sp³-hybridized carbons (Fsp3) is 1.00. The Kier molecular flexibility index (Phi) is 4.48. The molecule has 2 nitrogen and oxygen atoms in total. The van der Waals surface area contributed by atoms with Crippen molar-refractivity contribution in [2.75, 3.05) is 19.6 Å². The van der Waals surface area contributed by atoms with E-state index in [2.05, 4.69) is 37.9 Å². The van der Waals surface area contributed by atoms with Crippen molar-refractivity contribution in [1.82, 2.24) is 10.2 Å². The molecule has 100 valence electrons. The van der Waals surface area contributed by atoms with Crippen molar-refractivity contribution in [2.45, 2.75) is 59.0 Å². The molecule has 3 unspecified atom stereocenters. The molecule has 2 fully saturated rings. The zero-order chi connectivity index (χ0) is 12.4. The second-order valence-electron chi connectivity index (χ2n) is 6.76. The highest BCUT2D eigenvalue weighted by molar-refractivity contribution is 4.93. The lowest BCUT2D eigenvalue weighted by molar-refractivity contribution is 0.0758. The molecule has 0 spiro atoms. The molecule has 0 radical (unpaired) electrons. The first-order valence-electron chi connectivity index (χ1n) is 7.55. The molecule has 0 aromatic rings. The van der Waals surface area contributed by atoms with Crippen LogP contribution in [0.2, 0.25) is 0 Å². The summed E-state index contributed by atoms with van der Waals surface area (Å²) in [6.07, 6.45) is 4.31. The Morgan fingerprint density at radius 1 is 1.12 bits per heavy atom. The van der Waals surface area contributed by atoms with Crippen LogP contribution in [0.25, 0.3) is 0 Å². The fourth-order valence-corrected chi connectivity index (χ4v) is 3.32. The Labute approximate surface area is 107 Å². The Bertz CT molecular complexity index is 237. The third kappa shape index (κ3) is 3.23. The van der Waals surface area contributed by atoms with Crippen LogP contribution in [0.4, 0.5) is 0 Å². The predicted octanol–water partition coefficient (Wildman–Crippen LogP) is 2.74. The molecule has 1 heterocycles. The molecule has 17 heavy (non-hydrogen) atoms. The topological polar surface area (TPSA) is 15.3 Å². The lowest BCUT2D eigenvalue weighted by Crippen LogP contribution is -2.50. The Morgan fingerprint density at radius 3 is 2.35 bits per heavy atom. The summed E-state index contributed by atoms with van der Waals surface area (Å²) in [5.74, 6) is 2.74. The Morgan fingerprint density at radius 2 is 1.88 bits per heavy atom. The molecule has 1 aliphatic carbocycles. The lowest BCUT2D eigenvalue weighted by atomic mass is 9.78. The molecule has 0 aromatic carbocycles. The number of nitrogens with one attached hydrogen (secondary N) is 1. The smallest absolute Gasteiger partial charge is 0.0136 e. The van der Waals surface area contributed by atoms with Gasteiger partial charge in [0.05, 0.1) is 0 Å². The Balaban J connectivity index is 1.76. The molecule has 2 heteroatoms. The van der Waals surface area contributed by atoms with E-state index in [-0.39, 0.29) is 0 Å². The first-order valence-corrected chi connectivity index (χ1v) is 7.55. The van der Waals surface area contributed by atoms with E-state index in [1.807, 2.05) is 0 Å². The summed E-state index contributed by atoms with van der Waals surface area (Å²) in [5.41, 5.74) is 0. The predicted molar refractivity (Wildman–Crippen MR) is 74.2 cm³/mol. The van der Waals surface area contributed by atoms with Crippen LogP contribution in [0, 0.1) is 17.8 Å². The van der Waals surface area contributed by atoms with Gasteiger partial charge in [0.2, 0.25) is 0 Å². The number of hydrogen-bond acceptors (Lipinski definition) is 2. The number of rotatable bonds is 5. The van der Waals surface area contributed by atoms with Gasteiger partial charge in [-0.2, -0.15) is 0 Å². The van der Waals surface area contributed by atoms with Gasteiger partial charge in [0.1, 0.15) is 0 Å². The van der Waals surface area contributed by atoms with Gasteiger partial charge in [-0.05, 0) is 50.1 Å². The molecule has 1 N–H and O–H groups in total. The highest BCUT2D eigenvalue weighted by Gasteiger charge is 2.38. The van der Waals surface area contributed by atoms with E-state index in [4.69, 9.17) is 0 Å². The van der Waals surface area contributed by atoms with E-state index in [1.54, 1.807) is 0 Å². The average molecular weight is 238 g/mol. The molecular formula is C15H30N2. The third-order valence-electron chi connectivity index (χ3n) is 4.83. The maximum absolute atomic E-state index is 3.61. The molecule has 1 aliphatic heterocycles. The second-order valence-corrected chi connectivity index (χ2v) is 6.76. The van der Waals surface area contributed by atoms with Gasteiger partial charge in [0, 0.05) is 18.6 Å². The first-order chi connectivity index (χ1) is 8.08. The molecule has 1 saturated heterocycles. The van der Waals surface area contributed by atoms with Crippen LogP contribution in [-0.2, 0) is 0 Å². The summed E-state index contributed by atoms with van der Waals surface area (Å²) in [5, 5.41) is 3.61. The minimum atomic E-state index is 0.637. The van der Waals surface area contributed by atoms with Crippen LogP contribution in [-0.4, -0.2) is 36.6 Å². The van der Waals surface area contributed by atoms with Crippen molar-refractivity contribution in [2.24, 2.45) is 17.8 Å². The zero-order valence-electron chi connectivity index (χ0n) is 12.1. The fourth-order valence-electron chi connectivity index (χ4n) is 3.32. The van der Waals surface area contributed by atoms with E-state index >= 15 is 0 Å². The van der Waals surface area contributed by atoms with Gasteiger partial charge in [0.25, 0.3) is 0 Å².